The molecule has 0 heterocycles. The molecular weight excluding hydrogens is 198 g/mol. The molecule has 0 fully saturated rings. The van der Waals surface area contributed by atoms with Crippen molar-refractivity contribution in [2.75, 3.05) is 6.54 Å². The number of unbranched alkanes of at least 4 members (excludes halogenated alkanes) is 2. The molecule has 0 bridgehead atoms. The van der Waals surface area contributed by atoms with Gasteiger partial charge in [-0.2, -0.15) is 0 Å². The van der Waals surface area contributed by atoms with Crippen LogP contribution in [-0.2, 0) is 11.3 Å². The second-order valence-corrected chi connectivity index (χ2v) is 4.49. The maximum absolute atomic E-state index is 10.3. The van der Waals surface area contributed by atoms with E-state index in [1.54, 1.807) is 0 Å². The Bertz CT molecular complexity index is 153. The summed E-state index contributed by atoms with van der Waals surface area (Å²) in [5.41, 5.74) is 0. The average molecular weight is 220 g/mol. The van der Waals surface area contributed by atoms with Gasteiger partial charge < -0.3 is 4.55 Å². The predicted octanol–water partition coefficient (Wildman–Crippen LogP) is 2.37. The second-order valence-electron chi connectivity index (χ2n) is 3.73. The van der Waals surface area contributed by atoms with E-state index in [0.29, 0.717) is 12.5 Å². The first-order valence-corrected chi connectivity index (χ1v) is 6.60. The fourth-order valence-corrected chi connectivity index (χ4v) is 2.00. The van der Waals surface area contributed by atoms with Crippen LogP contribution in [0, 0.1) is 5.92 Å². The molecule has 3 nitrogen and oxygen atoms in total. The van der Waals surface area contributed by atoms with Gasteiger partial charge in [0, 0.05) is 17.8 Å². The lowest BCUT2D eigenvalue weighted by Crippen LogP contribution is -2.24. The summed E-state index contributed by atoms with van der Waals surface area (Å²) in [6.07, 6.45) is 7.08. The molecule has 14 heavy (non-hydrogen) atoms. The fraction of sp³-hybridized carbons (Fsp3) is 1.00. The Balaban J connectivity index is 3.59. The monoisotopic (exact) mass is 220 g/mol. The molecule has 0 aliphatic carbocycles. The first-order chi connectivity index (χ1) is 6.70. The highest BCUT2D eigenvalue weighted by Crippen LogP contribution is 2.14. The van der Waals surface area contributed by atoms with Crippen molar-refractivity contribution >= 4 is 11.3 Å². The summed E-state index contributed by atoms with van der Waals surface area (Å²) in [4.78, 5) is 0. The van der Waals surface area contributed by atoms with Gasteiger partial charge in [-0.1, -0.05) is 39.5 Å². The molecule has 1 N–H and O–H groups in total. The molecule has 0 aromatic heterocycles. The Morgan fingerprint density at radius 3 is 2.43 bits per heavy atom. The SMILES string of the molecule is CCCCCC(CCC)CNS(=O)[O-]. The molecule has 0 saturated carbocycles. The van der Waals surface area contributed by atoms with Crippen LogP contribution in [0.1, 0.15) is 52.4 Å². The largest absolute Gasteiger partial charge is 0.760 e. The number of hydrogen-bond donors (Lipinski definition) is 1. The van der Waals surface area contributed by atoms with E-state index in [4.69, 9.17) is 0 Å². The molecule has 0 aliphatic rings. The van der Waals surface area contributed by atoms with Crippen molar-refractivity contribution in [1.29, 1.82) is 0 Å². The molecule has 0 spiro atoms. The maximum atomic E-state index is 10.3. The molecule has 86 valence electrons. The van der Waals surface area contributed by atoms with Crippen molar-refractivity contribution in [2.45, 2.75) is 52.4 Å². The summed E-state index contributed by atoms with van der Waals surface area (Å²) in [7, 11) is 0. The minimum Gasteiger partial charge on any atom is -0.760 e. The quantitative estimate of drug-likeness (QED) is 0.479. The topological polar surface area (TPSA) is 52.2 Å². The van der Waals surface area contributed by atoms with E-state index in [1.807, 2.05) is 0 Å². The summed E-state index contributed by atoms with van der Waals surface area (Å²) in [6.45, 7) is 4.93. The molecular formula is C10H22NO2S-. The first kappa shape index (κ1) is 14.1. The normalized spacial score (nSPS) is 15.4. The van der Waals surface area contributed by atoms with E-state index in [9.17, 15) is 8.76 Å². The lowest BCUT2D eigenvalue weighted by atomic mass is 9.97. The minimum atomic E-state index is -2.10. The molecule has 0 aromatic carbocycles. The Hall–Kier alpha value is 0.0700. The van der Waals surface area contributed by atoms with E-state index in [0.717, 1.165) is 19.3 Å². The second kappa shape index (κ2) is 9.62. The Morgan fingerprint density at radius 2 is 1.93 bits per heavy atom. The first-order valence-electron chi connectivity index (χ1n) is 5.53. The van der Waals surface area contributed by atoms with Crippen molar-refractivity contribution in [3.8, 4) is 0 Å². The average Bonchev–Trinajstić information content (AvgIpc) is 2.14. The molecule has 0 rings (SSSR count). The summed E-state index contributed by atoms with van der Waals surface area (Å²) >= 11 is -2.10. The van der Waals surface area contributed by atoms with E-state index in [-0.39, 0.29) is 0 Å². The summed E-state index contributed by atoms with van der Waals surface area (Å²) in [6, 6.07) is 0. The molecule has 2 unspecified atom stereocenters. The summed E-state index contributed by atoms with van der Waals surface area (Å²) in [5, 5.41) is 0. The molecule has 0 radical (unpaired) electrons. The molecule has 2 atom stereocenters. The van der Waals surface area contributed by atoms with Gasteiger partial charge in [0.1, 0.15) is 0 Å². The van der Waals surface area contributed by atoms with Gasteiger partial charge >= 0.3 is 0 Å². The predicted molar refractivity (Wildman–Crippen MR) is 59.5 cm³/mol. The third-order valence-corrected chi connectivity index (χ3v) is 2.81. The van der Waals surface area contributed by atoms with Crippen LogP contribution in [0.15, 0.2) is 0 Å². The highest BCUT2D eigenvalue weighted by Gasteiger charge is 2.06. The third kappa shape index (κ3) is 8.66. The zero-order valence-corrected chi connectivity index (χ0v) is 10.1. The van der Waals surface area contributed by atoms with E-state index in [2.05, 4.69) is 18.6 Å². The van der Waals surface area contributed by atoms with Crippen molar-refractivity contribution in [1.82, 2.24) is 4.72 Å². The van der Waals surface area contributed by atoms with Gasteiger partial charge in [0.15, 0.2) is 0 Å². The van der Waals surface area contributed by atoms with Crippen LogP contribution in [0.25, 0.3) is 0 Å². The molecule has 0 saturated heterocycles. The van der Waals surface area contributed by atoms with Crippen LogP contribution in [0.2, 0.25) is 0 Å². The highest BCUT2D eigenvalue weighted by atomic mass is 32.2. The van der Waals surface area contributed by atoms with Crippen molar-refractivity contribution < 1.29 is 8.76 Å². The maximum Gasteiger partial charge on any atom is 0.0181 e. The van der Waals surface area contributed by atoms with Gasteiger partial charge in [0.25, 0.3) is 0 Å². The van der Waals surface area contributed by atoms with Crippen LogP contribution in [0.5, 0.6) is 0 Å². The zero-order valence-electron chi connectivity index (χ0n) is 9.25. The zero-order chi connectivity index (χ0) is 10.8. The lowest BCUT2D eigenvalue weighted by molar-refractivity contribution is 0.414. The molecule has 0 aliphatic heterocycles. The van der Waals surface area contributed by atoms with Gasteiger partial charge in [-0.15, -0.1) is 0 Å². The van der Waals surface area contributed by atoms with Crippen LogP contribution in [-0.4, -0.2) is 15.3 Å². The van der Waals surface area contributed by atoms with Crippen molar-refractivity contribution in [2.24, 2.45) is 5.92 Å². The van der Waals surface area contributed by atoms with E-state index >= 15 is 0 Å². The van der Waals surface area contributed by atoms with Gasteiger partial charge in [-0.3, -0.25) is 4.21 Å². The number of rotatable bonds is 9. The standard InChI is InChI=1S/C10H23NO2S/c1-3-5-6-8-10(7-4-2)9-11-14(12)13/h10-11H,3-9H2,1-2H3,(H,12,13)/p-1. The van der Waals surface area contributed by atoms with E-state index in [1.165, 1.54) is 19.3 Å². The molecule has 0 aromatic rings. The van der Waals surface area contributed by atoms with E-state index < -0.39 is 11.3 Å². The summed E-state index contributed by atoms with van der Waals surface area (Å²) < 4.78 is 23.1. The van der Waals surface area contributed by atoms with Crippen LogP contribution in [0.4, 0.5) is 0 Å². The Morgan fingerprint density at radius 1 is 1.21 bits per heavy atom. The summed E-state index contributed by atoms with van der Waals surface area (Å²) in [5.74, 6) is 0.518. The molecule has 4 heteroatoms. The van der Waals surface area contributed by atoms with Gasteiger partial charge in [-0.25, -0.2) is 4.72 Å². The number of hydrogen-bond acceptors (Lipinski definition) is 2. The van der Waals surface area contributed by atoms with Crippen LogP contribution < -0.4 is 4.72 Å². The van der Waals surface area contributed by atoms with Crippen molar-refractivity contribution in [3.05, 3.63) is 0 Å². The fourth-order valence-electron chi connectivity index (χ4n) is 1.63. The number of nitrogens with one attached hydrogen (secondary N) is 1. The smallest absolute Gasteiger partial charge is 0.0181 e. The van der Waals surface area contributed by atoms with Crippen LogP contribution in [0.3, 0.4) is 0 Å². The highest BCUT2D eigenvalue weighted by molar-refractivity contribution is 7.77. The van der Waals surface area contributed by atoms with Crippen LogP contribution >= 0.6 is 0 Å². The lowest BCUT2D eigenvalue weighted by Gasteiger charge is -2.17. The minimum absolute atomic E-state index is 0.518. The molecule has 0 amide bonds. The Labute approximate surface area is 90.1 Å². The Kier molecular flexibility index (Phi) is 9.67. The van der Waals surface area contributed by atoms with Crippen molar-refractivity contribution in [3.63, 3.8) is 0 Å². The third-order valence-electron chi connectivity index (χ3n) is 2.40. The van der Waals surface area contributed by atoms with Gasteiger partial charge in [-0.05, 0) is 18.8 Å². The van der Waals surface area contributed by atoms with Gasteiger partial charge in [0.05, 0.1) is 0 Å². The van der Waals surface area contributed by atoms with Gasteiger partial charge in [0.2, 0.25) is 0 Å².